The summed E-state index contributed by atoms with van der Waals surface area (Å²) in [5.41, 5.74) is 1.81. The summed E-state index contributed by atoms with van der Waals surface area (Å²) in [5, 5.41) is 5.55. The Bertz CT molecular complexity index is 1010. The second-order valence-electron chi connectivity index (χ2n) is 11.2. The quantitative estimate of drug-likeness (QED) is 0.580. The number of rotatable bonds is 7. The maximum absolute atomic E-state index is 13.9. The van der Waals surface area contributed by atoms with Gasteiger partial charge in [0, 0.05) is 55.8 Å². The van der Waals surface area contributed by atoms with E-state index < -0.39 is 6.04 Å². The van der Waals surface area contributed by atoms with Crippen molar-refractivity contribution in [1.29, 1.82) is 0 Å². The molecule has 2 atom stereocenters. The van der Waals surface area contributed by atoms with Gasteiger partial charge in [-0.25, -0.2) is 0 Å². The first-order valence-electron chi connectivity index (χ1n) is 14.2. The summed E-state index contributed by atoms with van der Waals surface area (Å²) in [7, 11) is 0. The van der Waals surface area contributed by atoms with Crippen molar-refractivity contribution in [1.82, 2.24) is 20.0 Å². The van der Waals surface area contributed by atoms with Crippen LogP contribution in [0, 0.1) is 12.8 Å². The molecule has 3 aliphatic rings. The molecule has 0 spiro atoms. The van der Waals surface area contributed by atoms with Crippen molar-refractivity contribution in [2.45, 2.75) is 70.5 Å². The number of benzene rings is 1. The topological polar surface area (TPSA) is 55.9 Å². The lowest BCUT2D eigenvalue weighted by molar-refractivity contribution is -0.135. The van der Waals surface area contributed by atoms with E-state index in [9.17, 15) is 9.59 Å². The minimum Gasteiger partial charge on any atom is -0.340 e. The summed E-state index contributed by atoms with van der Waals surface area (Å²) in [6.45, 7) is 7.86. The molecule has 2 saturated heterocycles. The minimum atomic E-state index is -0.394. The van der Waals surface area contributed by atoms with Crippen LogP contribution in [0.5, 0.6) is 0 Å². The molecule has 2 unspecified atom stereocenters. The zero-order valence-electron chi connectivity index (χ0n) is 22.2. The van der Waals surface area contributed by atoms with Gasteiger partial charge in [0.15, 0.2) is 0 Å². The number of amides is 2. The molecule has 0 radical (unpaired) electrons. The van der Waals surface area contributed by atoms with Gasteiger partial charge in [0.1, 0.15) is 6.04 Å². The fourth-order valence-electron chi connectivity index (χ4n) is 6.32. The molecule has 2 amide bonds. The van der Waals surface area contributed by atoms with Gasteiger partial charge in [-0.2, -0.15) is 0 Å². The van der Waals surface area contributed by atoms with Gasteiger partial charge in [0.25, 0.3) is 5.91 Å². The molecule has 3 heterocycles. The fraction of sp³-hybridized carbons (Fsp3) is 0.600. The third-order valence-electron chi connectivity index (χ3n) is 8.45. The second-order valence-corrected chi connectivity index (χ2v) is 12.2. The molecule has 2 aromatic rings. The highest BCUT2D eigenvalue weighted by atomic mass is 32.1. The molecule has 2 aliphatic heterocycles. The van der Waals surface area contributed by atoms with Crippen molar-refractivity contribution in [2.24, 2.45) is 5.92 Å². The van der Waals surface area contributed by atoms with E-state index in [4.69, 9.17) is 0 Å². The monoisotopic (exact) mass is 522 g/mol. The molecule has 5 rings (SSSR count). The van der Waals surface area contributed by atoms with Gasteiger partial charge < -0.3 is 15.1 Å². The first-order chi connectivity index (χ1) is 18.1. The Kier molecular flexibility index (Phi) is 8.95. The maximum Gasteiger partial charge on any atom is 0.254 e. The second kappa shape index (κ2) is 12.5. The number of likely N-dealkylation sites (tertiary alicyclic amines) is 1. The third kappa shape index (κ3) is 6.62. The summed E-state index contributed by atoms with van der Waals surface area (Å²) < 4.78 is 0. The van der Waals surface area contributed by atoms with Gasteiger partial charge in [-0.05, 0) is 68.6 Å². The highest BCUT2D eigenvalue weighted by Gasteiger charge is 2.44. The Morgan fingerprint density at radius 3 is 2.59 bits per heavy atom. The lowest BCUT2D eigenvalue weighted by Crippen LogP contribution is -2.48. The van der Waals surface area contributed by atoms with Crippen molar-refractivity contribution < 1.29 is 9.59 Å². The van der Waals surface area contributed by atoms with E-state index >= 15 is 0 Å². The van der Waals surface area contributed by atoms with Crippen LogP contribution in [0.4, 0.5) is 0 Å². The fourth-order valence-corrected chi connectivity index (χ4v) is 7.05. The van der Waals surface area contributed by atoms with Crippen molar-refractivity contribution in [3.05, 3.63) is 57.8 Å². The zero-order chi connectivity index (χ0) is 25.6. The smallest absolute Gasteiger partial charge is 0.254 e. The van der Waals surface area contributed by atoms with Gasteiger partial charge >= 0.3 is 0 Å². The highest BCUT2D eigenvalue weighted by Crippen LogP contribution is 2.31. The largest absolute Gasteiger partial charge is 0.340 e. The average Bonchev–Trinajstić information content (AvgIpc) is 3.52. The number of nitrogens with one attached hydrogen (secondary N) is 1. The zero-order valence-corrected chi connectivity index (χ0v) is 23.1. The minimum absolute atomic E-state index is 0.0115. The summed E-state index contributed by atoms with van der Waals surface area (Å²) in [5.74, 6) is 0.823. The van der Waals surface area contributed by atoms with Crippen LogP contribution in [-0.4, -0.2) is 77.9 Å². The molecule has 200 valence electrons. The third-order valence-corrected chi connectivity index (χ3v) is 9.31. The van der Waals surface area contributed by atoms with E-state index in [-0.39, 0.29) is 17.9 Å². The Balaban J connectivity index is 1.40. The SMILES string of the molecule is Cc1ccc(C(=O)N2CC(N(Cc3cccs3)CC3CCCCC3)CC2C(=O)N2CCCNCC2)cc1. The van der Waals surface area contributed by atoms with E-state index in [2.05, 4.69) is 27.7 Å². The van der Waals surface area contributed by atoms with Gasteiger partial charge in [0.05, 0.1) is 0 Å². The van der Waals surface area contributed by atoms with Crippen molar-refractivity contribution in [2.75, 3.05) is 39.3 Å². The van der Waals surface area contributed by atoms with E-state index in [0.29, 0.717) is 24.6 Å². The van der Waals surface area contributed by atoms with Crippen LogP contribution >= 0.6 is 11.3 Å². The highest BCUT2D eigenvalue weighted by molar-refractivity contribution is 7.09. The van der Waals surface area contributed by atoms with Crippen LogP contribution in [0.2, 0.25) is 0 Å². The number of aryl methyl sites for hydroxylation is 1. The van der Waals surface area contributed by atoms with Crippen LogP contribution in [0.15, 0.2) is 41.8 Å². The lowest BCUT2D eigenvalue weighted by atomic mass is 9.88. The molecule has 1 saturated carbocycles. The summed E-state index contributed by atoms with van der Waals surface area (Å²) in [6.07, 6.45) is 8.27. The molecule has 3 fully saturated rings. The molecular formula is C30H42N4O2S. The Hall–Kier alpha value is -2.22. The van der Waals surface area contributed by atoms with Crippen molar-refractivity contribution >= 4 is 23.2 Å². The number of carbonyl (C=O) groups is 2. The van der Waals surface area contributed by atoms with Crippen LogP contribution in [-0.2, 0) is 11.3 Å². The van der Waals surface area contributed by atoms with Gasteiger partial charge in [-0.3, -0.25) is 14.5 Å². The predicted molar refractivity (Wildman–Crippen MR) is 150 cm³/mol. The number of thiophene rings is 1. The van der Waals surface area contributed by atoms with Crippen LogP contribution < -0.4 is 5.32 Å². The predicted octanol–water partition coefficient (Wildman–Crippen LogP) is 4.54. The van der Waals surface area contributed by atoms with Crippen LogP contribution in [0.25, 0.3) is 0 Å². The Labute approximate surface area is 226 Å². The molecule has 1 aromatic heterocycles. The van der Waals surface area contributed by atoms with Gasteiger partial charge in [-0.15, -0.1) is 11.3 Å². The molecule has 7 heteroatoms. The first kappa shape index (κ1) is 26.4. The normalized spacial score (nSPS) is 23.4. The molecule has 37 heavy (non-hydrogen) atoms. The van der Waals surface area contributed by atoms with Crippen molar-refractivity contribution in [3.8, 4) is 0 Å². The summed E-state index contributed by atoms with van der Waals surface area (Å²) in [6, 6.07) is 11.9. The molecular weight excluding hydrogens is 480 g/mol. The Morgan fingerprint density at radius 1 is 1.03 bits per heavy atom. The van der Waals surface area contributed by atoms with E-state index in [1.54, 1.807) is 11.3 Å². The van der Waals surface area contributed by atoms with E-state index in [1.807, 2.05) is 41.0 Å². The van der Waals surface area contributed by atoms with Crippen LogP contribution in [0.3, 0.4) is 0 Å². The molecule has 6 nitrogen and oxygen atoms in total. The summed E-state index contributed by atoms with van der Waals surface area (Å²) >= 11 is 1.81. The number of hydrogen-bond acceptors (Lipinski definition) is 5. The molecule has 1 aromatic carbocycles. The van der Waals surface area contributed by atoms with E-state index in [0.717, 1.165) is 51.1 Å². The number of carbonyl (C=O) groups excluding carboxylic acids is 2. The Morgan fingerprint density at radius 2 is 1.84 bits per heavy atom. The molecule has 1 aliphatic carbocycles. The standard InChI is InChI=1S/C30H42N4O2S/c1-23-10-12-25(13-11-23)29(35)34-21-26(19-28(34)30(36)32-16-6-14-31-15-17-32)33(22-27-9-5-18-37-27)20-24-7-3-2-4-8-24/h5,9-13,18,24,26,28,31H,2-4,6-8,14-17,19-22H2,1H3. The summed E-state index contributed by atoms with van der Waals surface area (Å²) in [4.78, 5) is 35.6. The molecule has 0 bridgehead atoms. The number of hydrogen-bond donors (Lipinski definition) is 1. The van der Waals surface area contributed by atoms with Gasteiger partial charge in [0.2, 0.25) is 5.91 Å². The first-order valence-corrected chi connectivity index (χ1v) is 15.1. The van der Waals surface area contributed by atoms with Crippen LogP contribution in [0.1, 0.15) is 65.7 Å². The lowest BCUT2D eigenvalue weighted by Gasteiger charge is -2.33. The maximum atomic E-state index is 13.9. The molecule has 1 N–H and O–H groups in total. The van der Waals surface area contributed by atoms with Gasteiger partial charge in [-0.1, -0.05) is 43.0 Å². The number of nitrogens with zero attached hydrogens (tertiary/aromatic N) is 3. The van der Waals surface area contributed by atoms with Crippen molar-refractivity contribution in [3.63, 3.8) is 0 Å². The average molecular weight is 523 g/mol. The van der Waals surface area contributed by atoms with E-state index in [1.165, 1.54) is 37.0 Å².